The van der Waals surface area contributed by atoms with Crippen LogP contribution in [0.1, 0.15) is 50.0 Å². The summed E-state index contributed by atoms with van der Waals surface area (Å²) < 4.78 is 23.3. The summed E-state index contributed by atoms with van der Waals surface area (Å²) >= 11 is 0. The Morgan fingerprint density at radius 1 is 1.29 bits per heavy atom. The zero-order valence-corrected chi connectivity index (χ0v) is 15.2. The number of unbranched alkanes of at least 4 members (excludes halogenated alkanes) is 2. The number of hydrogen-bond donors (Lipinski definition) is 1. The molecule has 0 bridgehead atoms. The molecule has 1 aromatic heterocycles. The third-order valence-corrected chi connectivity index (χ3v) is 5.98. The van der Waals surface area contributed by atoms with Crippen molar-refractivity contribution in [3.05, 3.63) is 17.8 Å². The molecule has 0 radical (unpaired) electrons. The van der Waals surface area contributed by atoms with Gasteiger partial charge in [0.15, 0.2) is 21.3 Å². The van der Waals surface area contributed by atoms with Crippen LogP contribution < -0.4 is 10.2 Å². The van der Waals surface area contributed by atoms with Crippen LogP contribution >= 0.6 is 0 Å². The fourth-order valence-electron chi connectivity index (χ4n) is 2.90. The summed E-state index contributed by atoms with van der Waals surface area (Å²) in [5.41, 5.74) is 0.283. The van der Waals surface area contributed by atoms with Crippen molar-refractivity contribution >= 4 is 21.6 Å². The fourth-order valence-corrected chi connectivity index (χ4v) is 4.63. The summed E-state index contributed by atoms with van der Waals surface area (Å²) in [5.74, 6) is 0.765. The molecule has 1 aliphatic heterocycles. The minimum Gasteiger partial charge on any atom is -0.351 e. The lowest BCUT2D eigenvalue weighted by Gasteiger charge is -2.27. The van der Waals surface area contributed by atoms with Gasteiger partial charge in [0, 0.05) is 19.1 Å². The Morgan fingerprint density at radius 2 is 2.08 bits per heavy atom. The van der Waals surface area contributed by atoms with Crippen molar-refractivity contribution in [2.75, 3.05) is 29.5 Å². The van der Waals surface area contributed by atoms with Gasteiger partial charge in [-0.3, -0.25) is 4.79 Å². The second kappa shape index (κ2) is 8.41. The Bertz CT molecular complexity index is 646. The maximum Gasteiger partial charge on any atom is 0.271 e. The molecule has 1 unspecified atom stereocenters. The molecule has 1 N–H and O–H groups in total. The van der Waals surface area contributed by atoms with Gasteiger partial charge in [0.05, 0.1) is 11.5 Å². The zero-order valence-electron chi connectivity index (χ0n) is 14.4. The van der Waals surface area contributed by atoms with Crippen molar-refractivity contribution in [3.8, 4) is 0 Å². The minimum atomic E-state index is -2.95. The van der Waals surface area contributed by atoms with Gasteiger partial charge in [-0.25, -0.2) is 8.42 Å². The van der Waals surface area contributed by atoms with Crippen molar-refractivity contribution in [1.29, 1.82) is 0 Å². The highest BCUT2D eigenvalue weighted by molar-refractivity contribution is 7.91. The van der Waals surface area contributed by atoms with Crippen molar-refractivity contribution in [1.82, 2.24) is 15.5 Å². The van der Waals surface area contributed by atoms with E-state index in [-0.39, 0.29) is 29.1 Å². The second-order valence-electron chi connectivity index (χ2n) is 6.08. The van der Waals surface area contributed by atoms with Crippen molar-refractivity contribution in [2.24, 2.45) is 0 Å². The summed E-state index contributed by atoms with van der Waals surface area (Å²) in [5, 5.41) is 11.0. The highest BCUT2D eigenvalue weighted by Gasteiger charge is 2.32. The van der Waals surface area contributed by atoms with Crippen LogP contribution in [0.5, 0.6) is 0 Å². The first-order valence-electron chi connectivity index (χ1n) is 8.56. The maximum absolute atomic E-state index is 12.0. The first kappa shape index (κ1) is 18.6. The average Bonchev–Trinajstić information content (AvgIpc) is 2.92. The van der Waals surface area contributed by atoms with E-state index in [1.165, 1.54) is 0 Å². The first-order valence-corrected chi connectivity index (χ1v) is 10.4. The molecule has 24 heavy (non-hydrogen) atoms. The molecule has 1 aliphatic rings. The number of nitrogens with zero attached hydrogens (tertiary/aromatic N) is 3. The van der Waals surface area contributed by atoms with Crippen LogP contribution in [0.4, 0.5) is 5.82 Å². The molecule has 7 nitrogen and oxygen atoms in total. The lowest BCUT2D eigenvalue weighted by Crippen LogP contribution is -2.37. The number of rotatable bonds is 8. The zero-order chi connectivity index (χ0) is 17.6. The van der Waals surface area contributed by atoms with Crippen molar-refractivity contribution in [3.63, 3.8) is 0 Å². The normalized spacial score (nSPS) is 19.2. The number of hydrogen-bond acceptors (Lipinski definition) is 6. The molecular formula is C16H26N4O3S. The van der Waals surface area contributed by atoms with E-state index in [4.69, 9.17) is 0 Å². The van der Waals surface area contributed by atoms with E-state index < -0.39 is 9.84 Å². The Kier molecular flexibility index (Phi) is 6.53. The maximum atomic E-state index is 12.0. The summed E-state index contributed by atoms with van der Waals surface area (Å²) in [4.78, 5) is 13.9. The van der Waals surface area contributed by atoms with Gasteiger partial charge in [0.25, 0.3) is 5.91 Å². The molecule has 1 atom stereocenters. The van der Waals surface area contributed by atoms with Gasteiger partial charge in [0.2, 0.25) is 0 Å². The van der Waals surface area contributed by atoms with Crippen LogP contribution in [-0.4, -0.2) is 55.2 Å². The molecule has 0 saturated carbocycles. The molecule has 1 aromatic rings. The van der Waals surface area contributed by atoms with E-state index in [0.29, 0.717) is 25.3 Å². The van der Waals surface area contributed by atoms with Gasteiger partial charge >= 0.3 is 0 Å². The topological polar surface area (TPSA) is 92.3 Å². The fraction of sp³-hybridized carbons (Fsp3) is 0.688. The average molecular weight is 354 g/mol. The van der Waals surface area contributed by atoms with E-state index >= 15 is 0 Å². The van der Waals surface area contributed by atoms with Crippen molar-refractivity contribution in [2.45, 2.75) is 45.6 Å². The summed E-state index contributed by atoms with van der Waals surface area (Å²) in [7, 11) is -2.95. The highest BCUT2D eigenvalue weighted by atomic mass is 32.2. The number of amides is 1. The second-order valence-corrected chi connectivity index (χ2v) is 8.31. The monoisotopic (exact) mass is 354 g/mol. The Balaban J connectivity index is 1.98. The highest BCUT2D eigenvalue weighted by Crippen LogP contribution is 2.22. The summed E-state index contributed by atoms with van der Waals surface area (Å²) in [6, 6.07) is 3.31. The molecule has 1 saturated heterocycles. The number of carbonyl (C=O) groups is 1. The van der Waals surface area contributed by atoms with Gasteiger partial charge in [0.1, 0.15) is 0 Å². The largest absolute Gasteiger partial charge is 0.351 e. The Hall–Kier alpha value is -1.70. The van der Waals surface area contributed by atoms with E-state index in [0.717, 1.165) is 19.3 Å². The lowest BCUT2D eigenvalue weighted by atomic mass is 10.2. The molecule has 1 amide bonds. The molecule has 0 aliphatic carbocycles. The Labute approximate surface area is 143 Å². The molecule has 8 heteroatoms. The number of nitrogens with one attached hydrogen (secondary N) is 1. The van der Waals surface area contributed by atoms with Gasteiger partial charge in [-0.1, -0.05) is 19.8 Å². The SMILES string of the molecule is CCCCCNC(=O)c1ccc(N(CC)C2CCS(=O)(=O)C2)nn1. The molecule has 2 heterocycles. The standard InChI is InChI=1S/C16H26N4O3S/c1-3-5-6-10-17-16(21)14-7-8-15(19-18-14)20(4-2)13-9-11-24(22,23)12-13/h7-8,13H,3-6,9-12H2,1-2H3,(H,17,21). The van der Waals surface area contributed by atoms with E-state index in [1.807, 2.05) is 11.8 Å². The molecule has 0 spiro atoms. The van der Waals surface area contributed by atoms with Crippen LogP contribution in [-0.2, 0) is 9.84 Å². The third-order valence-electron chi connectivity index (χ3n) is 4.23. The van der Waals surface area contributed by atoms with E-state index in [9.17, 15) is 13.2 Å². The molecule has 1 fully saturated rings. The van der Waals surface area contributed by atoms with Gasteiger partial charge in [-0.05, 0) is 31.9 Å². The van der Waals surface area contributed by atoms with Crippen LogP contribution in [0.25, 0.3) is 0 Å². The lowest BCUT2D eigenvalue weighted by molar-refractivity contribution is 0.0947. The molecule has 134 valence electrons. The van der Waals surface area contributed by atoms with Crippen LogP contribution in [0.2, 0.25) is 0 Å². The van der Waals surface area contributed by atoms with Gasteiger partial charge in [-0.15, -0.1) is 10.2 Å². The molecular weight excluding hydrogens is 328 g/mol. The number of aromatic nitrogens is 2. The third kappa shape index (κ3) is 4.90. The minimum absolute atomic E-state index is 0.0666. The molecule has 2 rings (SSSR count). The van der Waals surface area contributed by atoms with E-state index in [1.54, 1.807) is 12.1 Å². The van der Waals surface area contributed by atoms with Gasteiger partial charge < -0.3 is 10.2 Å². The van der Waals surface area contributed by atoms with E-state index in [2.05, 4.69) is 22.4 Å². The van der Waals surface area contributed by atoms with Crippen LogP contribution in [0.3, 0.4) is 0 Å². The summed E-state index contributed by atoms with van der Waals surface area (Å²) in [6.07, 6.45) is 3.75. The predicted molar refractivity (Wildman–Crippen MR) is 94.0 cm³/mol. The van der Waals surface area contributed by atoms with Crippen molar-refractivity contribution < 1.29 is 13.2 Å². The predicted octanol–water partition coefficient (Wildman–Crippen LogP) is 1.41. The van der Waals surface area contributed by atoms with Gasteiger partial charge in [-0.2, -0.15) is 0 Å². The number of carbonyl (C=O) groups excluding carboxylic acids is 1. The smallest absolute Gasteiger partial charge is 0.271 e. The Morgan fingerprint density at radius 3 is 2.62 bits per heavy atom. The van der Waals surface area contributed by atoms with Crippen LogP contribution in [0, 0.1) is 0 Å². The summed E-state index contributed by atoms with van der Waals surface area (Å²) in [6.45, 7) is 5.36. The molecule has 0 aromatic carbocycles. The number of sulfone groups is 1. The quantitative estimate of drug-likeness (QED) is 0.710. The number of anilines is 1. The first-order chi connectivity index (χ1) is 11.5. The van der Waals surface area contributed by atoms with Crippen LogP contribution in [0.15, 0.2) is 12.1 Å².